The van der Waals surface area contributed by atoms with Crippen molar-refractivity contribution < 1.29 is 14.6 Å². The van der Waals surface area contributed by atoms with E-state index in [2.05, 4.69) is 0 Å². The molecule has 1 aliphatic heterocycles. The fourth-order valence-electron chi connectivity index (χ4n) is 1.06. The first-order valence-electron chi connectivity index (χ1n) is 4.37. The van der Waals surface area contributed by atoms with Gasteiger partial charge in [0.05, 0.1) is 13.0 Å². The van der Waals surface area contributed by atoms with Crippen LogP contribution >= 0.6 is 0 Å². The molecule has 1 aromatic carbocycles. The van der Waals surface area contributed by atoms with Gasteiger partial charge in [-0.25, -0.2) is 0 Å². The second-order valence-electron chi connectivity index (χ2n) is 2.77. The summed E-state index contributed by atoms with van der Waals surface area (Å²) in [6, 6.07) is 7.47. The van der Waals surface area contributed by atoms with Gasteiger partial charge in [0, 0.05) is 12.1 Å². The maximum absolute atomic E-state index is 10.7. The van der Waals surface area contributed by atoms with Crippen LogP contribution in [0.25, 0.3) is 0 Å². The minimum atomic E-state index is -0.152. The SMILES string of the molecule is NCCO.O=C1Cc2ccccc2O1. The summed E-state index contributed by atoms with van der Waals surface area (Å²) in [4.78, 5) is 10.7. The molecule has 0 saturated heterocycles. The first-order chi connectivity index (χ1) is 6.77. The normalized spacial score (nSPS) is 12.6. The smallest absolute Gasteiger partial charge is 0.315 e. The number of ether oxygens (including phenoxy) is 1. The number of fused-ring (bicyclic) bond motifs is 1. The topological polar surface area (TPSA) is 72.5 Å². The van der Waals surface area contributed by atoms with Crippen molar-refractivity contribution in [1.29, 1.82) is 0 Å². The quantitative estimate of drug-likeness (QED) is 0.492. The molecule has 0 fully saturated rings. The van der Waals surface area contributed by atoms with Crippen LogP contribution in [0.15, 0.2) is 24.3 Å². The van der Waals surface area contributed by atoms with Gasteiger partial charge in [-0.1, -0.05) is 18.2 Å². The van der Waals surface area contributed by atoms with Gasteiger partial charge in [-0.15, -0.1) is 0 Å². The zero-order chi connectivity index (χ0) is 10.4. The van der Waals surface area contributed by atoms with Crippen molar-refractivity contribution in [1.82, 2.24) is 0 Å². The molecule has 0 saturated carbocycles. The van der Waals surface area contributed by atoms with Crippen LogP contribution < -0.4 is 10.5 Å². The largest absolute Gasteiger partial charge is 0.426 e. The van der Waals surface area contributed by atoms with Gasteiger partial charge in [-0.2, -0.15) is 0 Å². The maximum Gasteiger partial charge on any atom is 0.315 e. The fraction of sp³-hybridized carbons (Fsp3) is 0.300. The Bertz CT molecular complexity index is 283. The Morgan fingerprint density at radius 1 is 1.43 bits per heavy atom. The highest BCUT2D eigenvalue weighted by molar-refractivity contribution is 5.80. The second kappa shape index (κ2) is 5.36. The first-order valence-corrected chi connectivity index (χ1v) is 4.37. The first kappa shape index (κ1) is 10.7. The van der Waals surface area contributed by atoms with Gasteiger partial charge >= 0.3 is 5.97 Å². The van der Waals surface area contributed by atoms with Crippen LogP contribution in [0.4, 0.5) is 0 Å². The number of carbonyl (C=O) groups is 1. The van der Waals surface area contributed by atoms with Gasteiger partial charge in [0.25, 0.3) is 0 Å². The third kappa shape index (κ3) is 2.83. The number of carbonyl (C=O) groups excluding carboxylic acids is 1. The number of rotatable bonds is 1. The van der Waals surface area contributed by atoms with Crippen LogP contribution in [0.2, 0.25) is 0 Å². The number of esters is 1. The molecule has 2 rings (SSSR count). The highest BCUT2D eigenvalue weighted by atomic mass is 16.5. The number of aliphatic hydroxyl groups is 1. The Labute approximate surface area is 82.3 Å². The van der Waals surface area contributed by atoms with E-state index in [1.807, 2.05) is 18.2 Å². The van der Waals surface area contributed by atoms with Crippen LogP contribution in [-0.4, -0.2) is 24.2 Å². The summed E-state index contributed by atoms with van der Waals surface area (Å²) in [5.74, 6) is 0.564. The zero-order valence-electron chi connectivity index (χ0n) is 7.77. The summed E-state index contributed by atoms with van der Waals surface area (Å²) in [6.45, 7) is 0.472. The molecule has 4 heteroatoms. The van der Waals surface area contributed by atoms with Crippen molar-refractivity contribution in [2.45, 2.75) is 6.42 Å². The van der Waals surface area contributed by atoms with Crippen LogP contribution in [0.3, 0.4) is 0 Å². The Morgan fingerprint density at radius 3 is 2.64 bits per heavy atom. The van der Waals surface area contributed by atoms with E-state index in [-0.39, 0.29) is 12.6 Å². The van der Waals surface area contributed by atoms with Crippen LogP contribution in [0.1, 0.15) is 5.56 Å². The van der Waals surface area contributed by atoms with Crippen LogP contribution in [0, 0.1) is 0 Å². The summed E-state index contributed by atoms with van der Waals surface area (Å²) >= 11 is 0. The van der Waals surface area contributed by atoms with Crippen molar-refractivity contribution in [2.75, 3.05) is 13.2 Å². The number of hydrogen-bond donors (Lipinski definition) is 2. The zero-order valence-corrected chi connectivity index (χ0v) is 7.77. The number of benzene rings is 1. The molecule has 14 heavy (non-hydrogen) atoms. The molecule has 0 atom stereocenters. The number of aliphatic hydroxyl groups excluding tert-OH is 1. The average molecular weight is 195 g/mol. The molecule has 0 amide bonds. The van der Waals surface area contributed by atoms with Gasteiger partial charge in [-0.05, 0) is 6.07 Å². The Balaban J connectivity index is 0.000000213. The van der Waals surface area contributed by atoms with E-state index in [1.54, 1.807) is 6.07 Å². The summed E-state index contributed by atoms with van der Waals surface area (Å²) in [6.07, 6.45) is 0.427. The number of hydrogen-bond acceptors (Lipinski definition) is 4. The molecule has 3 N–H and O–H groups in total. The number of nitrogens with two attached hydrogens (primary N) is 1. The standard InChI is InChI=1S/C8H6O2.C2H7NO/c9-8-5-6-3-1-2-4-7(6)10-8;3-1-2-4/h1-4H,5H2;4H,1-3H2. The lowest BCUT2D eigenvalue weighted by Gasteiger charge is -1.91. The monoisotopic (exact) mass is 195 g/mol. The van der Waals surface area contributed by atoms with Crippen molar-refractivity contribution in [3.63, 3.8) is 0 Å². The van der Waals surface area contributed by atoms with E-state index in [9.17, 15) is 4.79 Å². The number of para-hydroxylation sites is 1. The van der Waals surface area contributed by atoms with Gasteiger partial charge in [-0.3, -0.25) is 4.79 Å². The van der Waals surface area contributed by atoms with Crippen molar-refractivity contribution in [2.24, 2.45) is 5.73 Å². The minimum absolute atomic E-state index is 0.0972. The highest BCUT2D eigenvalue weighted by Gasteiger charge is 2.18. The third-order valence-corrected chi connectivity index (χ3v) is 1.66. The maximum atomic E-state index is 10.7. The van der Waals surface area contributed by atoms with Gasteiger partial charge in [0.15, 0.2) is 0 Å². The predicted molar refractivity (Wildman–Crippen MR) is 51.9 cm³/mol. The summed E-state index contributed by atoms with van der Waals surface area (Å²) < 4.78 is 4.87. The molecule has 1 aromatic rings. The van der Waals surface area contributed by atoms with E-state index in [1.165, 1.54) is 0 Å². The van der Waals surface area contributed by atoms with E-state index >= 15 is 0 Å². The molecule has 0 bridgehead atoms. The van der Waals surface area contributed by atoms with Crippen LogP contribution in [-0.2, 0) is 11.2 Å². The fourth-order valence-corrected chi connectivity index (χ4v) is 1.06. The van der Waals surface area contributed by atoms with Crippen molar-refractivity contribution in [3.8, 4) is 5.75 Å². The van der Waals surface area contributed by atoms with Gasteiger partial charge in [0.2, 0.25) is 0 Å². The molecule has 1 heterocycles. The molecule has 0 aliphatic carbocycles. The summed E-state index contributed by atoms with van der Waals surface area (Å²) in [5, 5.41) is 7.75. The molecule has 4 nitrogen and oxygen atoms in total. The second-order valence-corrected chi connectivity index (χ2v) is 2.77. The van der Waals surface area contributed by atoms with E-state index in [0.29, 0.717) is 18.7 Å². The molecule has 0 aromatic heterocycles. The Hall–Kier alpha value is -1.39. The lowest BCUT2D eigenvalue weighted by atomic mass is 10.2. The lowest BCUT2D eigenvalue weighted by Crippen LogP contribution is -2.02. The van der Waals surface area contributed by atoms with Crippen LogP contribution in [0.5, 0.6) is 5.75 Å². The molecule has 0 radical (unpaired) electrons. The Morgan fingerprint density at radius 2 is 2.07 bits per heavy atom. The van der Waals surface area contributed by atoms with E-state index in [0.717, 1.165) is 5.56 Å². The van der Waals surface area contributed by atoms with Gasteiger partial charge < -0.3 is 15.6 Å². The molecular weight excluding hydrogens is 182 g/mol. The van der Waals surface area contributed by atoms with Gasteiger partial charge in [0.1, 0.15) is 5.75 Å². The Kier molecular flexibility index (Phi) is 4.10. The minimum Gasteiger partial charge on any atom is -0.426 e. The van der Waals surface area contributed by atoms with E-state index < -0.39 is 0 Å². The van der Waals surface area contributed by atoms with Crippen molar-refractivity contribution >= 4 is 5.97 Å². The summed E-state index contributed by atoms with van der Waals surface area (Å²) in [7, 11) is 0. The predicted octanol–water partition coefficient (Wildman–Crippen LogP) is 0.0855. The lowest BCUT2D eigenvalue weighted by molar-refractivity contribution is -0.131. The molecule has 0 unspecified atom stereocenters. The molecule has 76 valence electrons. The average Bonchev–Trinajstić information content (AvgIpc) is 2.58. The molecule has 0 spiro atoms. The van der Waals surface area contributed by atoms with Crippen molar-refractivity contribution in [3.05, 3.63) is 29.8 Å². The highest BCUT2D eigenvalue weighted by Crippen LogP contribution is 2.24. The molecular formula is C10H13NO3. The summed E-state index contributed by atoms with van der Waals surface area (Å²) in [5.41, 5.74) is 5.77. The van der Waals surface area contributed by atoms with E-state index in [4.69, 9.17) is 15.6 Å². The molecule has 1 aliphatic rings. The third-order valence-electron chi connectivity index (χ3n) is 1.66.